The average molecular weight is 341 g/mol. The zero-order chi connectivity index (χ0) is 16.4. The first-order chi connectivity index (χ1) is 10.9. The molecule has 0 radical (unpaired) electrons. The SMILES string of the molecule is CS(=O)(=O)N1Cc2n[nH]c(NC(=O)CCN3CCCCC3)c2C1. The maximum absolute atomic E-state index is 12.1. The monoisotopic (exact) mass is 341 g/mol. The van der Waals surface area contributed by atoms with E-state index in [1.807, 2.05) is 0 Å². The molecule has 1 aromatic heterocycles. The number of aromatic nitrogens is 2. The van der Waals surface area contributed by atoms with E-state index >= 15 is 0 Å². The van der Waals surface area contributed by atoms with Crippen LogP contribution in [0.3, 0.4) is 0 Å². The number of H-pyrrole nitrogens is 1. The Kier molecular flexibility index (Phi) is 4.69. The van der Waals surface area contributed by atoms with Crippen LogP contribution < -0.4 is 5.32 Å². The van der Waals surface area contributed by atoms with Crippen LogP contribution in [0.25, 0.3) is 0 Å². The number of nitrogens with zero attached hydrogens (tertiary/aromatic N) is 3. The number of nitrogens with one attached hydrogen (secondary N) is 2. The molecular formula is C14H23N5O3S. The van der Waals surface area contributed by atoms with Gasteiger partial charge in [-0.3, -0.25) is 9.89 Å². The van der Waals surface area contributed by atoms with Gasteiger partial charge in [-0.25, -0.2) is 8.42 Å². The summed E-state index contributed by atoms with van der Waals surface area (Å²) in [5.74, 6) is 0.453. The number of carbonyl (C=O) groups excluding carboxylic acids is 1. The van der Waals surface area contributed by atoms with E-state index in [9.17, 15) is 13.2 Å². The molecule has 0 bridgehead atoms. The maximum atomic E-state index is 12.1. The first-order valence-corrected chi connectivity index (χ1v) is 9.82. The van der Waals surface area contributed by atoms with Crippen LogP contribution >= 0.6 is 0 Å². The van der Waals surface area contributed by atoms with Crippen LogP contribution in [0.4, 0.5) is 5.82 Å². The number of carbonyl (C=O) groups is 1. The summed E-state index contributed by atoms with van der Waals surface area (Å²) in [4.78, 5) is 14.4. The predicted molar refractivity (Wildman–Crippen MR) is 86.2 cm³/mol. The lowest BCUT2D eigenvalue weighted by molar-refractivity contribution is -0.116. The highest BCUT2D eigenvalue weighted by Gasteiger charge is 2.31. The molecule has 0 unspecified atom stereocenters. The van der Waals surface area contributed by atoms with Crippen molar-refractivity contribution >= 4 is 21.7 Å². The molecule has 0 spiro atoms. The molecule has 2 aliphatic heterocycles. The summed E-state index contributed by atoms with van der Waals surface area (Å²) < 4.78 is 24.6. The van der Waals surface area contributed by atoms with Gasteiger partial charge in [0, 0.05) is 25.1 Å². The average Bonchev–Trinajstić information content (AvgIpc) is 3.08. The number of anilines is 1. The molecular weight excluding hydrogens is 318 g/mol. The fourth-order valence-electron chi connectivity index (χ4n) is 3.09. The van der Waals surface area contributed by atoms with Crippen LogP contribution in [0.15, 0.2) is 0 Å². The molecule has 0 aliphatic carbocycles. The first-order valence-electron chi connectivity index (χ1n) is 7.97. The van der Waals surface area contributed by atoms with Crippen molar-refractivity contribution in [2.75, 3.05) is 31.2 Å². The Morgan fingerprint density at radius 1 is 1.26 bits per heavy atom. The molecule has 0 atom stereocenters. The Morgan fingerprint density at radius 2 is 2.00 bits per heavy atom. The number of aromatic amines is 1. The van der Waals surface area contributed by atoms with Crippen molar-refractivity contribution in [1.82, 2.24) is 19.4 Å². The molecule has 1 amide bonds. The number of piperidine rings is 1. The van der Waals surface area contributed by atoms with E-state index in [1.165, 1.54) is 29.8 Å². The van der Waals surface area contributed by atoms with E-state index in [1.54, 1.807) is 0 Å². The Bertz CT molecular complexity index is 679. The number of hydrogen-bond donors (Lipinski definition) is 2. The number of rotatable bonds is 5. The molecule has 128 valence electrons. The van der Waals surface area contributed by atoms with Crippen LogP contribution in [-0.2, 0) is 27.9 Å². The minimum absolute atomic E-state index is 0.0696. The summed E-state index contributed by atoms with van der Waals surface area (Å²) in [6.07, 6.45) is 5.30. The minimum Gasteiger partial charge on any atom is -0.311 e. The first kappa shape index (κ1) is 16.4. The second kappa shape index (κ2) is 6.58. The lowest BCUT2D eigenvalue weighted by Gasteiger charge is -2.25. The van der Waals surface area contributed by atoms with Gasteiger partial charge in [0.05, 0.1) is 18.5 Å². The van der Waals surface area contributed by atoms with Crippen LogP contribution in [0.5, 0.6) is 0 Å². The smallest absolute Gasteiger partial charge is 0.226 e. The zero-order valence-corrected chi connectivity index (χ0v) is 14.2. The highest BCUT2D eigenvalue weighted by atomic mass is 32.2. The summed E-state index contributed by atoms with van der Waals surface area (Å²) in [6.45, 7) is 3.41. The quantitative estimate of drug-likeness (QED) is 0.813. The van der Waals surface area contributed by atoms with Crippen molar-refractivity contribution in [2.24, 2.45) is 0 Å². The van der Waals surface area contributed by atoms with E-state index in [2.05, 4.69) is 20.4 Å². The van der Waals surface area contributed by atoms with Gasteiger partial charge in [-0.05, 0) is 25.9 Å². The Hall–Kier alpha value is -1.45. The van der Waals surface area contributed by atoms with Gasteiger partial charge in [0.25, 0.3) is 0 Å². The Balaban J connectivity index is 1.54. The van der Waals surface area contributed by atoms with Gasteiger partial charge in [-0.1, -0.05) is 6.42 Å². The third-order valence-electron chi connectivity index (χ3n) is 4.45. The molecule has 2 N–H and O–H groups in total. The zero-order valence-electron chi connectivity index (χ0n) is 13.3. The Morgan fingerprint density at radius 3 is 2.70 bits per heavy atom. The summed E-state index contributed by atoms with van der Waals surface area (Å²) in [5, 5.41) is 9.74. The summed E-state index contributed by atoms with van der Waals surface area (Å²) in [6, 6.07) is 0. The lowest BCUT2D eigenvalue weighted by atomic mass is 10.1. The van der Waals surface area contributed by atoms with E-state index < -0.39 is 10.0 Å². The van der Waals surface area contributed by atoms with Crippen LogP contribution in [-0.4, -0.2) is 59.6 Å². The molecule has 3 rings (SSSR count). The number of likely N-dealkylation sites (tertiary alicyclic amines) is 1. The van der Waals surface area contributed by atoms with Crippen molar-refractivity contribution in [3.63, 3.8) is 0 Å². The van der Waals surface area contributed by atoms with Crippen molar-refractivity contribution in [3.05, 3.63) is 11.3 Å². The van der Waals surface area contributed by atoms with Gasteiger partial charge in [0.2, 0.25) is 15.9 Å². The van der Waals surface area contributed by atoms with Gasteiger partial charge < -0.3 is 10.2 Å². The Labute approximate surface area is 136 Å². The third kappa shape index (κ3) is 3.91. The molecule has 0 saturated carbocycles. The lowest BCUT2D eigenvalue weighted by Crippen LogP contribution is -2.32. The van der Waals surface area contributed by atoms with Gasteiger partial charge in [-0.15, -0.1) is 0 Å². The standard InChI is InChI=1S/C14H23N5O3S/c1-23(21,22)19-9-11-12(10-19)16-17-14(11)15-13(20)5-8-18-6-3-2-4-7-18/h2-10H2,1H3,(H2,15,16,17,20). The molecule has 1 fully saturated rings. The summed E-state index contributed by atoms with van der Waals surface area (Å²) in [5.41, 5.74) is 1.45. The molecule has 8 nitrogen and oxygen atoms in total. The van der Waals surface area contributed by atoms with Crippen LogP contribution in [0.2, 0.25) is 0 Å². The largest absolute Gasteiger partial charge is 0.311 e. The molecule has 9 heteroatoms. The van der Waals surface area contributed by atoms with E-state index in [-0.39, 0.29) is 19.0 Å². The van der Waals surface area contributed by atoms with Crippen LogP contribution in [0, 0.1) is 0 Å². The second-order valence-corrected chi connectivity index (χ2v) is 8.24. The summed E-state index contributed by atoms with van der Waals surface area (Å²) in [7, 11) is -3.25. The number of hydrogen-bond acceptors (Lipinski definition) is 5. The van der Waals surface area contributed by atoms with E-state index in [4.69, 9.17) is 0 Å². The second-order valence-electron chi connectivity index (χ2n) is 6.26. The van der Waals surface area contributed by atoms with Crippen LogP contribution in [0.1, 0.15) is 36.9 Å². The van der Waals surface area contributed by atoms with Gasteiger partial charge in [0.15, 0.2) is 0 Å². The molecule has 23 heavy (non-hydrogen) atoms. The number of amides is 1. The van der Waals surface area contributed by atoms with E-state index in [0.717, 1.165) is 25.2 Å². The van der Waals surface area contributed by atoms with Crippen molar-refractivity contribution < 1.29 is 13.2 Å². The van der Waals surface area contributed by atoms with E-state index in [0.29, 0.717) is 17.9 Å². The fourth-order valence-corrected chi connectivity index (χ4v) is 3.81. The van der Waals surface area contributed by atoms with Gasteiger partial charge in [0.1, 0.15) is 5.82 Å². The third-order valence-corrected chi connectivity index (χ3v) is 5.65. The molecule has 1 aromatic rings. The molecule has 3 heterocycles. The van der Waals surface area contributed by atoms with Gasteiger partial charge >= 0.3 is 0 Å². The number of fused-ring (bicyclic) bond motifs is 1. The minimum atomic E-state index is -3.25. The molecule has 0 aromatic carbocycles. The normalized spacial score (nSPS) is 19.7. The topological polar surface area (TPSA) is 98.4 Å². The van der Waals surface area contributed by atoms with Crippen molar-refractivity contribution in [1.29, 1.82) is 0 Å². The molecule has 2 aliphatic rings. The highest BCUT2D eigenvalue weighted by molar-refractivity contribution is 7.88. The number of sulfonamides is 1. The van der Waals surface area contributed by atoms with Gasteiger partial charge in [-0.2, -0.15) is 9.40 Å². The highest BCUT2D eigenvalue weighted by Crippen LogP contribution is 2.28. The molecule has 1 saturated heterocycles. The maximum Gasteiger partial charge on any atom is 0.226 e. The predicted octanol–water partition coefficient (Wildman–Crippen LogP) is 0.499. The summed E-state index contributed by atoms with van der Waals surface area (Å²) >= 11 is 0. The fraction of sp³-hybridized carbons (Fsp3) is 0.714. The van der Waals surface area contributed by atoms with Crippen molar-refractivity contribution in [2.45, 2.75) is 38.8 Å². The van der Waals surface area contributed by atoms with Crippen molar-refractivity contribution in [3.8, 4) is 0 Å².